The molecule has 0 amide bonds. The van der Waals surface area contributed by atoms with Crippen LogP contribution in [0.25, 0.3) is 16.5 Å². The van der Waals surface area contributed by atoms with E-state index in [4.69, 9.17) is 9.47 Å². The van der Waals surface area contributed by atoms with E-state index in [9.17, 15) is 9.59 Å². The van der Waals surface area contributed by atoms with Crippen molar-refractivity contribution in [2.45, 2.75) is 26.4 Å². The molecule has 2 aromatic carbocycles. The van der Waals surface area contributed by atoms with Gasteiger partial charge >= 0.3 is 212 Å². The Morgan fingerprint density at radius 1 is 1.14 bits per heavy atom. The van der Waals surface area contributed by atoms with E-state index in [-0.39, 0.29) is 26.8 Å². The summed E-state index contributed by atoms with van der Waals surface area (Å²) in [6.45, 7) is 4.66. The van der Waals surface area contributed by atoms with Crippen LogP contribution in [-0.4, -0.2) is 63.1 Å². The third kappa shape index (κ3) is 6.05. The predicted molar refractivity (Wildman–Crippen MR) is 139 cm³/mol. The Morgan fingerprint density at radius 3 is 2.63 bits per heavy atom. The fourth-order valence-corrected chi connectivity index (χ4v) is 5.88. The number of hydrogen-bond donors (Lipinski definition) is 1. The zero-order valence-corrected chi connectivity index (χ0v) is 21.9. The number of benzene rings is 2. The van der Waals surface area contributed by atoms with Crippen LogP contribution in [0.1, 0.15) is 25.1 Å². The first kappa shape index (κ1) is 24.8. The summed E-state index contributed by atoms with van der Waals surface area (Å²) in [5.41, 5.74) is 3.32. The standard InChI is InChI=1S/C28H30N2O4Se/c1-19(34-20(2)31)21-17-25(28(32)33-3)27-24(23-11-7-8-12-26(23)29-27)13-14-30(18-21)15-16-35-22-9-5-4-6-10-22/h4-12,15-17,19,21,29H,13-14,18H2,1-3H3/b16-15+,25-17+/t19-,21-/m1/s1. The number of carbonyl (C=O) groups is 2. The van der Waals surface area contributed by atoms with Crippen LogP contribution in [0.4, 0.5) is 0 Å². The Labute approximate surface area is 212 Å². The van der Waals surface area contributed by atoms with Crippen molar-refractivity contribution in [1.29, 1.82) is 0 Å². The summed E-state index contributed by atoms with van der Waals surface area (Å²) in [7, 11) is 1.39. The van der Waals surface area contributed by atoms with Crippen LogP contribution >= 0.6 is 0 Å². The molecular formula is C28H30N2O4Se. The van der Waals surface area contributed by atoms with Crippen molar-refractivity contribution in [1.82, 2.24) is 9.88 Å². The van der Waals surface area contributed by atoms with Crippen LogP contribution < -0.4 is 4.46 Å². The van der Waals surface area contributed by atoms with Crippen molar-refractivity contribution in [2.75, 3.05) is 20.2 Å². The number of para-hydroxylation sites is 1. The van der Waals surface area contributed by atoms with Gasteiger partial charge in [-0.2, -0.15) is 0 Å². The van der Waals surface area contributed by atoms with Gasteiger partial charge in [-0.15, -0.1) is 0 Å². The molecule has 0 unspecified atom stereocenters. The van der Waals surface area contributed by atoms with Gasteiger partial charge in [-0.3, -0.25) is 0 Å². The second-order valence-corrected chi connectivity index (χ2v) is 10.6. The first-order chi connectivity index (χ1) is 17.0. The minimum atomic E-state index is -0.409. The number of carbonyl (C=O) groups excluding carboxylic acids is 2. The van der Waals surface area contributed by atoms with Crippen LogP contribution in [0.3, 0.4) is 0 Å². The summed E-state index contributed by atoms with van der Waals surface area (Å²) in [5, 5.41) is 1.10. The van der Waals surface area contributed by atoms with Gasteiger partial charge in [-0.05, 0) is 0 Å². The van der Waals surface area contributed by atoms with Crippen LogP contribution in [0.5, 0.6) is 0 Å². The van der Waals surface area contributed by atoms with Crippen LogP contribution in [0.15, 0.2) is 71.8 Å². The molecule has 4 rings (SSSR count). The topological polar surface area (TPSA) is 71.6 Å². The summed E-state index contributed by atoms with van der Waals surface area (Å²) in [6, 6.07) is 18.5. The summed E-state index contributed by atoms with van der Waals surface area (Å²) < 4.78 is 12.0. The van der Waals surface area contributed by atoms with Gasteiger partial charge in [-0.25, -0.2) is 0 Å². The maximum atomic E-state index is 12.9. The Morgan fingerprint density at radius 2 is 1.89 bits per heavy atom. The molecule has 6 nitrogen and oxygen atoms in total. The second kappa shape index (κ2) is 11.4. The molecule has 2 atom stereocenters. The van der Waals surface area contributed by atoms with Crippen molar-refractivity contribution in [3.8, 4) is 0 Å². The summed E-state index contributed by atoms with van der Waals surface area (Å²) in [5.74, 6) is -0.959. The van der Waals surface area contributed by atoms with Crippen molar-refractivity contribution in [2.24, 2.45) is 5.92 Å². The zero-order valence-electron chi connectivity index (χ0n) is 20.2. The van der Waals surface area contributed by atoms with E-state index in [0.29, 0.717) is 12.1 Å². The van der Waals surface area contributed by atoms with E-state index >= 15 is 0 Å². The number of H-pyrrole nitrogens is 1. The van der Waals surface area contributed by atoms with Gasteiger partial charge in [0.25, 0.3) is 0 Å². The number of aromatic nitrogens is 1. The molecule has 2 heterocycles. The third-order valence-electron chi connectivity index (χ3n) is 6.14. The fraction of sp³-hybridized carbons (Fsp3) is 0.286. The Bertz CT molecular complexity index is 1250. The van der Waals surface area contributed by atoms with Crippen molar-refractivity contribution in [3.05, 3.63) is 83.1 Å². The number of ether oxygens (including phenoxy) is 2. The summed E-state index contributed by atoms with van der Waals surface area (Å²) >= 11 is 0.204. The quantitative estimate of drug-likeness (QED) is 0.384. The number of esters is 2. The van der Waals surface area contributed by atoms with Gasteiger partial charge < -0.3 is 0 Å². The predicted octanol–water partition coefficient (Wildman–Crippen LogP) is 3.65. The molecule has 0 fully saturated rings. The number of rotatable bonds is 6. The van der Waals surface area contributed by atoms with Gasteiger partial charge in [0.1, 0.15) is 0 Å². The SMILES string of the molecule is COC(=O)/C1=C/[C@@H]([C@@H](C)OC(C)=O)CN(/C=C/[Se]c2ccccc2)CCc2c1[nH]c1ccccc21. The van der Waals surface area contributed by atoms with Gasteiger partial charge in [0, 0.05) is 0 Å². The summed E-state index contributed by atoms with van der Waals surface area (Å²) in [6.07, 6.45) is 4.40. The normalized spacial score (nSPS) is 18.7. The Balaban J connectivity index is 1.74. The van der Waals surface area contributed by atoms with Crippen LogP contribution in [-0.2, 0) is 25.5 Å². The van der Waals surface area contributed by atoms with E-state index in [2.05, 4.69) is 51.4 Å². The number of fused-ring (bicyclic) bond motifs is 3. The van der Waals surface area contributed by atoms with E-state index < -0.39 is 12.1 Å². The number of aromatic amines is 1. The molecule has 182 valence electrons. The van der Waals surface area contributed by atoms with E-state index in [1.807, 2.05) is 37.3 Å². The van der Waals surface area contributed by atoms with Crippen molar-refractivity contribution < 1.29 is 19.1 Å². The molecule has 1 aromatic heterocycles. The number of nitrogens with zero attached hydrogens (tertiary/aromatic N) is 1. The molecule has 0 saturated heterocycles. The number of hydrogen-bond acceptors (Lipinski definition) is 5. The number of methoxy groups -OCH3 is 1. The number of nitrogens with one attached hydrogen (secondary N) is 1. The average molecular weight is 538 g/mol. The molecule has 0 aliphatic carbocycles. The van der Waals surface area contributed by atoms with Crippen molar-refractivity contribution in [3.63, 3.8) is 0 Å². The molecular weight excluding hydrogens is 507 g/mol. The molecule has 0 radical (unpaired) electrons. The van der Waals surface area contributed by atoms with E-state index in [1.165, 1.54) is 18.5 Å². The van der Waals surface area contributed by atoms with Gasteiger partial charge in [0.15, 0.2) is 0 Å². The Kier molecular flexibility index (Phi) is 8.11. The molecule has 3 aromatic rings. The average Bonchev–Trinajstić information content (AvgIpc) is 3.24. The first-order valence-corrected chi connectivity index (χ1v) is 13.5. The van der Waals surface area contributed by atoms with E-state index in [1.54, 1.807) is 0 Å². The monoisotopic (exact) mass is 538 g/mol. The maximum absolute atomic E-state index is 12.9. The summed E-state index contributed by atoms with van der Waals surface area (Å²) in [4.78, 5) is 32.6. The molecule has 7 heteroatoms. The molecule has 1 N–H and O–H groups in total. The van der Waals surface area contributed by atoms with Gasteiger partial charge in [0.2, 0.25) is 0 Å². The third-order valence-corrected chi connectivity index (χ3v) is 7.82. The first-order valence-electron chi connectivity index (χ1n) is 11.7. The zero-order chi connectivity index (χ0) is 24.8. The van der Waals surface area contributed by atoms with Crippen LogP contribution in [0.2, 0.25) is 0 Å². The molecule has 35 heavy (non-hydrogen) atoms. The van der Waals surface area contributed by atoms with Gasteiger partial charge in [0.05, 0.1) is 0 Å². The minimum absolute atomic E-state index is 0.204. The van der Waals surface area contributed by atoms with Gasteiger partial charge in [-0.1, -0.05) is 0 Å². The Hall–Kier alpha value is -3.28. The molecule has 0 saturated carbocycles. The molecule has 0 bridgehead atoms. The molecule has 1 aliphatic rings. The molecule has 1 aliphatic heterocycles. The van der Waals surface area contributed by atoms with Crippen molar-refractivity contribution >= 4 is 47.8 Å². The second-order valence-electron chi connectivity index (χ2n) is 8.54. The fourth-order valence-electron chi connectivity index (χ4n) is 4.40. The van der Waals surface area contributed by atoms with E-state index in [0.717, 1.165) is 35.1 Å². The molecule has 0 spiro atoms. The van der Waals surface area contributed by atoms with Crippen LogP contribution in [0, 0.1) is 5.92 Å².